The first-order valence-electron chi connectivity index (χ1n) is 7.89. The lowest BCUT2D eigenvalue weighted by atomic mass is 9.94. The Kier molecular flexibility index (Phi) is 4.42. The molecule has 1 aliphatic heterocycles. The minimum atomic E-state index is -0.488. The van der Waals surface area contributed by atoms with Crippen LogP contribution in [0, 0.1) is 18.6 Å². The standard InChI is InChI=1S/C19H19F2NO/c1-13-5-10-16(17(21)12-13)19(23)22-11-3-2-4-18(22)14-6-8-15(20)9-7-14/h5-10,12,18H,2-4,11H2,1H3. The third kappa shape index (κ3) is 3.26. The molecule has 2 aromatic carbocycles. The van der Waals surface area contributed by atoms with E-state index >= 15 is 0 Å². The molecule has 0 aliphatic carbocycles. The van der Waals surface area contributed by atoms with Crippen LogP contribution in [-0.2, 0) is 0 Å². The summed E-state index contributed by atoms with van der Waals surface area (Å²) < 4.78 is 27.3. The number of nitrogens with zero attached hydrogens (tertiary/aromatic N) is 1. The van der Waals surface area contributed by atoms with Crippen molar-refractivity contribution < 1.29 is 13.6 Å². The van der Waals surface area contributed by atoms with E-state index in [0.29, 0.717) is 6.54 Å². The first-order chi connectivity index (χ1) is 11.1. The molecule has 1 amide bonds. The molecule has 0 aromatic heterocycles. The van der Waals surface area contributed by atoms with Crippen LogP contribution in [0.15, 0.2) is 42.5 Å². The number of likely N-dealkylation sites (tertiary alicyclic amines) is 1. The minimum absolute atomic E-state index is 0.101. The van der Waals surface area contributed by atoms with Crippen LogP contribution in [0.1, 0.15) is 46.8 Å². The second kappa shape index (κ2) is 6.49. The Morgan fingerprint density at radius 1 is 1.09 bits per heavy atom. The summed E-state index contributed by atoms with van der Waals surface area (Å²) in [4.78, 5) is 14.5. The Balaban J connectivity index is 1.91. The fraction of sp³-hybridized carbons (Fsp3) is 0.316. The van der Waals surface area contributed by atoms with E-state index in [1.807, 2.05) is 0 Å². The van der Waals surface area contributed by atoms with Gasteiger partial charge in [0.1, 0.15) is 11.6 Å². The molecule has 0 radical (unpaired) electrons. The molecule has 3 rings (SSSR count). The Labute approximate surface area is 134 Å². The van der Waals surface area contributed by atoms with Crippen LogP contribution in [0.25, 0.3) is 0 Å². The summed E-state index contributed by atoms with van der Waals surface area (Å²) >= 11 is 0. The molecule has 23 heavy (non-hydrogen) atoms. The summed E-state index contributed by atoms with van der Waals surface area (Å²) in [6, 6.07) is 10.8. The summed E-state index contributed by atoms with van der Waals surface area (Å²) in [6.07, 6.45) is 2.71. The fourth-order valence-electron chi connectivity index (χ4n) is 3.15. The van der Waals surface area contributed by atoms with Crippen molar-refractivity contribution in [1.82, 2.24) is 4.90 Å². The number of aryl methyl sites for hydroxylation is 1. The molecule has 1 saturated heterocycles. The Morgan fingerprint density at radius 3 is 2.52 bits per heavy atom. The van der Waals surface area contributed by atoms with Crippen molar-refractivity contribution in [3.8, 4) is 0 Å². The molecule has 0 spiro atoms. The van der Waals surface area contributed by atoms with E-state index in [-0.39, 0.29) is 23.3 Å². The van der Waals surface area contributed by atoms with Crippen molar-refractivity contribution in [2.24, 2.45) is 0 Å². The molecule has 1 aliphatic rings. The van der Waals surface area contributed by atoms with E-state index in [1.165, 1.54) is 18.2 Å². The average Bonchev–Trinajstić information content (AvgIpc) is 2.55. The summed E-state index contributed by atoms with van der Waals surface area (Å²) in [7, 11) is 0. The van der Waals surface area contributed by atoms with Crippen LogP contribution in [0.4, 0.5) is 8.78 Å². The van der Waals surface area contributed by atoms with Crippen LogP contribution >= 0.6 is 0 Å². The number of hydrogen-bond acceptors (Lipinski definition) is 1. The van der Waals surface area contributed by atoms with Crippen molar-refractivity contribution in [2.45, 2.75) is 32.2 Å². The van der Waals surface area contributed by atoms with E-state index < -0.39 is 5.82 Å². The number of piperidine rings is 1. The molecule has 2 nitrogen and oxygen atoms in total. The number of amides is 1. The topological polar surface area (TPSA) is 20.3 Å². The van der Waals surface area contributed by atoms with Crippen LogP contribution < -0.4 is 0 Å². The highest BCUT2D eigenvalue weighted by Crippen LogP contribution is 2.32. The number of carbonyl (C=O) groups excluding carboxylic acids is 1. The maximum absolute atomic E-state index is 14.1. The average molecular weight is 315 g/mol. The SMILES string of the molecule is Cc1ccc(C(=O)N2CCCCC2c2ccc(F)cc2)c(F)c1. The maximum atomic E-state index is 14.1. The van der Waals surface area contributed by atoms with E-state index in [1.54, 1.807) is 36.1 Å². The highest BCUT2D eigenvalue weighted by molar-refractivity contribution is 5.95. The van der Waals surface area contributed by atoms with E-state index in [4.69, 9.17) is 0 Å². The van der Waals surface area contributed by atoms with Crippen LogP contribution in [0.2, 0.25) is 0 Å². The van der Waals surface area contributed by atoms with Gasteiger partial charge in [-0.25, -0.2) is 8.78 Å². The highest BCUT2D eigenvalue weighted by atomic mass is 19.1. The molecule has 120 valence electrons. The molecule has 1 atom stereocenters. The molecule has 0 N–H and O–H groups in total. The number of carbonyl (C=O) groups is 1. The van der Waals surface area contributed by atoms with Gasteiger partial charge in [-0.05, 0) is 61.6 Å². The van der Waals surface area contributed by atoms with Gasteiger partial charge in [0.15, 0.2) is 0 Å². The third-order valence-corrected chi connectivity index (χ3v) is 4.37. The zero-order valence-corrected chi connectivity index (χ0v) is 13.1. The lowest BCUT2D eigenvalue weighted by molar-refractivity contribution is 0.0606. The van der Waals surface area contributed by atoms with Gasteiger partial charge in [0, 0.05) is 6.54 Å². The molecule has 4 heteroatoms. The van der Waals surface area contributed by atoms with Crippen LogP contribution in [0.3, 0.4) is 0 Å². The third-order valence-electron chi connectivity index (χ3n) is 4.37. The molecule has 1 fully saturated rings. The Bertz CT molecular complexity index is 712. The predicted molar refractivity (Wildman–Crippen MR) is 85.2 cm³/mol. The van der Waals surface area contributed by atoms with Crippen LogP contribution in [0.5, 0.6) is 0 Å². The number of halogens is 2. The van der Waals surface area contributed by atoms with E-state index in [2.05, 4.69) is 0 Å². The van der Waals surface area contributed by atoms with Crippen molar-refractivity contribution in [3.05, 3.63) is 70.8 Å². The zero-order valence-electron chi connectivity index (χ0n) is 13.1. The van der Waals surface area contributed by atoms with Gasteiger partial charge in [0.05, 0.1) is 11.6 Å². The number of rotatable bonds is 2. The largest absolute Gasteiger partial charge is 0.332 e. The molecule has 0 bridgehead atoms. The van der Waals surface area contributed by atoms with E-state index in [0.717, 1.165) is 30.4 Å². The second-order valence-corrected chi connectivity index (χ2v) is 6.04. The minimum Gasteiger partial charge on any atom is -0.332 e. The summed E-state index contributed by atoms with van der Waals surface area (Å²) in [5.41, 5.74) is 1.78. The molecule has 1 unspecified atom stereocenters. The molecular weight excluding hydrogens is 296 g/mol. The normalized spacial score (nSPS) is 18.0. The van der Waals surface area contributed by atoms with Gasteiger partial charge in [0.25, 0.3) is 5.91 Å². The molecule has 2 aromatic rings. The predicted octanol–water partition coefficient (Wildman–Crippen LogP) is 4.64. The number of hydrogen-bond donors (Lipinski definition) is 0. The summed E-state index contributed by atoms with van der Waals surface area (Å²) in [5.74, 6) is -1.08. The second-order valence-electron chi connectivity index (χ2n) is 6.04. The zero-order chi connectivity index (χ0) is 16.4. The lowest BCUT2D eigenvalue weighted by Gasteiger charge is -2.36. The van der Waals surface area contributed by atoms with Gasteiger partial charge in [-0.3, -0.25) is 4.79 Å². The highest BCUT2D eigenvalue weighted by Gasteiger charge is 2.29. The van der Waals surface area contributed by atoms with Gasteiger partial charge in [-0.1, -0.05) is 18.2 Å². The van der Waals surface area contributed by atoms with E-state index in [9.17, 15) is 13.6 Å². The first kappa shape index (κ1) is 15.7. The smallest absolute Gasteiger partial charge is 0.257 e. The van der Waals surface area contributed by atoms with Crippen molar-refractivity contribution in [2.75, 3.05) is 6.54 Å². The summed E-state index contributed by atoms with van der Waals surface area (Å²) in [6.45, 7) is 2.38. The van der Waals surface area contributed by atoms with Crippen molar-refractivity contribution in [1.29, 1.82) is 0 Å². The molecule has 1 heterocycles. The van der Waals surface area contributed by atoms with Gasteiger partial charge in [0.2, 0.25) is 0 Å². The molecular formula is C19H19F2NO. The lowest BCUT2D eigenvalue weighted by Crippen LogP contribution is -2.38. The first-order valence-corrected chi connectivity index (χ1v) is 7.89. The molecule has 0 saturated carbocycles. The monoisotopic (exact) mass is 315 g/mol. The Hall–Kier alpha value is -2.23. The maximum Gasteiger partial charge on any atom is 0.257 e. The number of benzene rings is 2. The van der Waals surface area contributed by atoms with Crippen molar-refractivity contribution >= 4 is 5.91 Å². The van der Waals surface area contributed by atoms with Crippen molar-refractivity contribution in [3.63, 3.8) is 0 Å². The van der Waals surface area contributed by atoms with Gasteiger partial charge >= 0.3 is 0 Å². The van der Waals surface area contributed by atoms with Crippen LogP contribution in [-0.4, -0.2) is 17.4 Å². The van der Waals surface area contributed by atoms with Gasteiger partial charge < -0.3 is 4.90 Å². The van der Waals surface area contributed by atoms with Gasteiger partial charge in [-0.2, -0.15) is 0 Å². The Morgan fingerprint density at radius 2 is 1.83 bits per heavy atom. The fourth-order valence-corrected chi connectivity index (χ4v) is 3.15. The summed E-state index contributed by atoms with van der Waals surface area (Å²) in [5, 5.41) is 0. The quantitative estimate of drug-likeness (QED) is 0.790. The van der Waals surface area contributed by atoms with Gasteiger partial charge in [-0.15, -0.1) is 0 Å².